The first kappa shape index (κ1) is 22.7. The molecule has 0 radical (unpaired) electrons. The van der Waals surface area contributed by atoms with Crippen LogP contribution in [0.3, 0.4) is 0 Å². The Bertz CT molecular complexity index is 1020. The van der Waals surface area contributed by atoms with Crippen LogP contribution in [0.15, 0.2) is 53.7 Å². The summed E-state index contributed by atoms with van der Waals surface area (Å²) in [6.07, 6.45) is -0.432. The molecule has 0 bridgehead atoms. The monoisotopic (exact) mass is 446 g/mol. The van der Waals surface area contributed by atoms with Crippen LogP contribution in [-0.4, -0.2) is 26.4 Å². The molecule has 164 valence electrons. The second-order valence-corrected chi connectivity index (χ2v) is 8.32. The molecule has 0 aliphatic rings. The molecule has 1 atom stereocenters. The second-order valence-electron chi connectivity index (χ2n) is 7.38. The largest absolute Gasteiger partial charge is 0.483 e. The lowest BCUT2D eigenvalue weighted by Crippen LogP contribution is -2.17. The van der Waals surface area contributed by atoms with Gasteiger partial charge in [0.05, 0.1) is 11.4 Å². The van der Waals surface area contributed by atoms with Crippen molar-refractivity contribution in [3.05, 3.63) is 66.0 Å². The first-order valence-electron chi connectivity index (χ1n) is 9.86. The van der Waals surface area contributed by atoms with E-state index in [9.17, 15) is 13.6 Å². The van der Waals surface area contributed by atoms with Crippen LogP contribution in [0.5, 0.6) is 5.75 Å². The summed E-state index contributed by atoms with van der Waals surface area (Å²) >= 11 is 1.22. The first-order chi connectivity index (χ1) is 14.8. The summed E-state index contributed by atoms with van der Waals surface area (Å²) in [5.41, 5.74) is 0.138. The van der Waals surface area contributed by atoms with E-state index in [0.717, 1.165) is 0 Å². The molecule has 3 rings (SSSR count). The number of aromatic nitrogens is 3. The molecule has 3 aromatic rings. The number of benzene rings is 2. The minimum atomic E-state index is -0.488. The Labute approximate surface area is 184 Å². The summed E-state index contributed by atoms with van der Waals surface area (Å²) in [5.74, 6) is 0.318. The number of rotatable bonds is 9. The number of halogens is 2. The van der Waals surface area contributed by atoms with E-state index in [4.69, 9.17) is 4.74 Å². The van der Waals surface area contributed by atoms with Gasteiger partial charge in [-0.15, -0.1) is 10.2 Å². The lowest BCUT2D eigenvalue weighted by atomic mass is 10.2. The number of hydrogen-bond acceptors (Lipinski definition) is 5. The number of hydrogen-bond donors (Lipinski definition) is 1. The Morgan fingerprint density at radius 1 is 1.10 bits per heavy atom. The highest BCUT2D eigenvalue weighted by atomic mass is 32.2. The van der Waals surface area contributed by atoms with Gasteiger partial charge in [0, 0.05) is 6.54 Å². The van der Waals surface area contributed by atoms with Crippen molar-refractivity contribution in [3.8, 4) is 5.75 Å². The minimum Gasteiger partial charge on any atom is -0.483 e. The number of para-hydroxylation sites is 1. The number of amides is 1. The number of nitrogens with zero attached hydrogens (tertiary/aromatic N) is 3. The third kappa shape index (κ3) is 6.27. The van der Waals surface area contributed by atoms with Gasteiger partial charge >= 0.3 is 0 Å². The number of thioether (sulfide) groups is 1. The number of nitrogens with one attached hydrogen (secondary N) is 1. The van der Waals surface area contributed by atoms with E-state index >= 15 is 0 Å². The maximum Gasteiger partial charge on any atom is 0.234 e. The molecular weight excluding hydrogens is 422 g/mol. The van der Waals surface area contributed by atoms with Gasteiger partial charge in [-0.25, -0.2) is 8.78 Å². The summed E-state index contributed by atoms with van der Waals surface area (Å²) in [7, 11) is 0. The molecule has 1 amide bonds. The van der Waals surface area contributed by atoms with Crippen molar-refractivity contribution in [2.45, 2.75) is 38.6 Å². The highest BCUT2D eigenvalue weighted by molar-refractivity contribution is 7.99. The van der Waals surface area contributed by atoms with Crippen molar-refractivity contribution < 1.29 is 18.3 Å². The maximum atomic E-state index is 13.7. The normalized spacial score (nSPS) is 12.1. The summed E-state index contributed by atoms with van der Waals surface area (Å²) in [6.45, 7) is 6.60. The quantitative estimate of drug-likeness (QED) is 0.464. The molecule has 0 saturated carbocycles. The van der Waals surface area contributed by atoms with Crippen LogP contribution in [0, 0.1) is 17.6 Å². The van der Waals surface area contributed by atoms with Crippen molar-refractivity contribution in [1.82, 2.24) is 14.8 Å². The molecule has 6 nitrogen and oxygen atoms in total. The van der Waals surface area contributed by atoms with Crippen LogP contribution < -0.4 is 10.1 Å². The topological polar surface area (TPSA) is 69.0 Å². The Balaban J connectivity index is 1.70. The Morgan fingerprint density at radius 2 is 1.81 bits per heavy atom. The number of ether oxygens (including phenoxy) is 1. The molecule has 0 spiro atoms. The lowest BCUT2D eigenvalue weighted by Gasteiger charge is -2.17. The molecule has 0 fully saturated rings. The molecular formula is C22H24F2N4O2S. The second kappa shape index (κ2) is 10.4. The summed E-state index contributed by atoms with van der Waals surface area (Å²) in [6, 6.07) is 11.8. The molecule has 1 unspecified atom stereocenters. The van der Waals surface area contributed by atoms with Crippen LogP contribution in [0.25, 0.3) is 0 Å². The van der Waals surface area contributed by atoms with Crippen LogP contribution in [-0.2, 0) is 11.3 Å². The van der Waals surface area contributed by atoms with Gasteiger partial charge in [-0.1, -0.05) is 37.7 Å². The molecule has 1 heterocycles. The highest BCUT2D eigenvalue weighted by Crippen LogP contribution is 2.26. The maximum absolute atomic E-state index is 13.7. The van der Waals surface area contributed by atoms with Crippen LogP contribution in [0.2, 0.25) is 0 Å². The SMILES string of the molecule is CC(C)Cn1c(SCC(=O)Nc2ccccc2F)nnc1C(C)Oc1ccc(F)cc1. The van der Waals surface area contributed by atoms with E-state index in [1.165, 1.54) is 36.0 Å². The third-order valence-electron chi connectivity index (χ3n) is 4.26. The van der Waals surface area contributed by atoms with Gasteiger partial charge in [0.1, 0.15) is 17.4 Å². The zero-order chi connectivity index (χ0) is 22.4. The van der Waals surface area contributed by atoms with Crippen LogP contribution >= 0.6 is 11.8 Å². The van der Waals surface area contributed by atoms with Gasteiger partial charge in [0.15, 0.2) is 17.1 Å². The molecule has 31 heavy (non-hydrogen) atoms. The molecule has 1 N–H and O–H groups in total. The molecule has 0 saturated heterocycles. The molecule has 2 aromatic carbocycles. The van der Waals surface area contributed by atoms with Crippen molar-refractivity contribution in [3.63, 3.8) is 0 Å². The van der Waals surface area contributed by atoms with E-state index in [2.05, 4.69) is 29.4 Å². The fourth-order valence-electron chi connectivity index (χ4n) is 2.89. The van der Waals surface area contributed by atoms with E-state index in [-0.39, 0.29) is 23.2 Å². The van der Waals surface area contributed by atoms with Gasteiger partial charge in [-0.2, -0.15) is 0 Å². The van der Waals surface area contributed by atoms with Gasteiger partial charge < -0.3 is 14.6 Å². The van der Waals surface area contributed by atoms with Crippen molar-refractivity contribution >= 4 is 23.4 Å². The minimum absolute atomic E-state index is 0.0533. The average molecular weight is 447 g/mol. The zero-order valence-electron chi connectivity index (χ0n) is 17.5. The smallest absolute Gasteiger partial charge is 0.234 e. The predicted molar refractivity (Wildman–Crippen MR) is 116 cm³/mol. The van der Waals surface area contributed by atoms with E-state index in [0.29, 0.717) is 29.2 Å². The van der Waals surface area contributed by atoms with E-state index < -0.39 is 11.9 Å². The fraction of sp³-hybridized carbons (Fsp3) is 0.318. The highest BCUT2D eigenvalue weighted by Gasteiger charge is 2.21. The fourth-order valence-corrected chi connectivity index (χ4v) is 3.65. The summed E-state index contributed by atoms with van der Waals surface area (Å²) < 4.78 is 34.7. The van der Waals surface area contributed by atoms with Crippen molar-refractivity contribution in [2.75, 3.05) is 11.1 Å². The van der Waals surface area contributed by atoms with E-state index in [1.54, 1.807) is 24.3 Å². The Kier molecular flexibility index (Phi) is 7.62. The Hall–Kier alpha value is -2.94. The van der Waals surface area contributed by atoms with Crippen molar-refractivity contribution in [2.24, 2.45) is 5.92 Å². The Morgan fingerprint density at radius 3 is 2.48 bits per heavy atom. The van der Waals surface area contributed by atoms with Gasteiger partial charge in [0.25, 0.3) is 0 Å². The first-order valence-corrected chi connectivity index (χ1v) is 10.8. The predicted octanol–water partition coefficient (Wildman–Crippen LogP) is 5.08. The molecule has 1 aromatic heterocycles. The number of carbonyl (C=O) groups excluding carboxylic acids is 1. The molecule has 0 aliphatic carbocycles. The van der Waals surface area contributed by atoms with Gasteiger partial charge in [-0.3, -0.25) is 4.79 Å². The van der Waals surface area contributed by atoms with Gasteiger partial charge in [0.2, 0.25) is 5.91 Å². The lowest BCUT2D eigenvalue weighted by molar-refractivity contribution is -0.113. The molecule has 0 aliphatic heterocycles. The van der Waals surface area contributed by atoms with Crippen molar-refractivity contribution in [1.29, 1.82) is 0 Å². The summed E-state index contributed by atoms with van der Waals surface area (Å²) in [5, 5.41) is 11.6. The number of anilines is 1. The summed E-state index contributed by atoms with van der Waals surface area (Å²) in [4.78, 5) is 12.3. The van der Waals surface area contributed by atoms with Crippen LogP contribution in [0.4, 0.5) is 14.5 Å². The average Bonchev–Trinajstić information content (AvgIpc) is 3.12. The van der Waals surface area contributed by atoms with E-state index in [1.807, 2.05) is 11.5 Å². The third-order valence-corrected chi connectivity index (χ3v) is 5.23. The van der Waals surface area contributed by atoms with Crippen LogP contribution in [0.1, 0.15) is 32.7 Å². The number of carbonyl (C=O) groups is 1. The van der Waals surface area contributed by atoms with Gasteiger partial charge in [-0.05, 0) is 49.2 Å². The standard InChI is InChI=1S/C22H24F2N4O2S/c1-14(2)12-28-21(15(3)30-17-10-8-16(23)9-11-17)26-27-22(28)31-13-20(29)25-19-7-5-4-6-18(19)24/h4-11,14-15H,12-13H2,1-3H3,(H,25,29). The molecule has 9 heteroatoms. The zero-order valence-corrected chi connectivity index (χ0v) is 18.3.